The van der Waals surface area contributed by atoms with Crippen LogP contribution < -0.4 is 0 Å². The second kappa shape index (κ2) is 6.22. The molecule has 0 N–H and O–H groups in total. The molecule has 2 rings (SSSR count). The molecule has 114 valence electrons. The third kappa shape index (κ3) is 3.00. The molecule has 6 heteroatoms. The van der Waals surface area contributed by atoms with E-state index in [9.17, 15) is 13.3 Å². The summed E-state index contributed by atoms with van der Waals surface area (Å²) in [4.78, 5) is 0. The van der Waals surface area contributed by atoms with Crippen molar-refractivity contribution >= 4 is 18.4 Å². The molecule has 2 aromatic rings. The highest BCUT2D eigenvalue weighted by Crippen LogP contribution is 2.66. The Labute approximate surface area is 122 Å². The van der Waals surface area contributed by atoms with E-state index in [1.54, 1.807) is 18.2 Å². The van der Waals surface area contributed by atoms with E-state index in [0.717, 1.165) is 5.39 Å². The molecule has 0 aliphatic rings. The van der Waals surface area contributed by atoms with E-state index in [1.807, 2.05) is 12.1 Å². The smallest absolute Gasteiger partial charge is 0.304 e. The summed E-state index contributed by atoms with van der Waals surface area (Å²) in [5, 5.41) is 1.48. The van der Waals surface area contributed by atoms with Crippen LogP contribution in [0, 0.1) is 0 Å². The summed E-state index contributed by atoms with van der Waals surface area (Å²) in [6.45, 7) is 2.78. The predicted octanol–water partition coefficient (Wildman–Crippen LogP) is 5.16. The maximum Gasteiger partial charge on any atom is 0.404 e. The Kier molecular flexibility index (Phi) is 4.77. The van der Waals surface area contributed by atoms with Crippen LogP contribution in [-0.2, 0) is 19.3 Å². The fraction of sp³-hybridized carbons (Fsp3) is 0.333. The van der Waals surface area contributed by atoms with Crippen molar-refractivity contribution in [3.05, 3.63) is 48.0 Å². The highest BCUT2D eigenvalue weighted by atomic mass is 31.2. The number of rotatable bonds is 6. The summed E-state index contributed by atoms with van der Waals surface area (Å²) >= 11 is 0. The normalized spacial score (nSPS) is 12.8. The molecule has 21 heavy (non-hydrogen) atoms. The Balaban J connectivity index is 2.50. The predicted molar refractivity (Wildman–Crippen MR) is 78.7 cm³/mol. The fourth-order valence-electron chi connectivity index (χ4n) is 2.07. The summed E-state index contributed by atoms with van der Waals surface area (Å²) in [5.41, 5.74) is -4.06. The van der Waals surface area contributed by atoms with Crippen molar-refractivity contribution in [2.24, 2.45) is 0 Å². The minimum Gasteiger partial charge on any atom is -0.304 e. The first-order valence-corrected chi connectivity index (χ1v) is 8.25. The average Bonchev–Trinajstić information content (AvgIpc) is 2.47. The van der Waals surface area contributed by atoms with Gasteiger partial charge < -0.3 is 9.05 Å². The van der Waals surface area contributed by atoms with Gasteiger partial charge in [-0.2, -0.15) is 8.78 Å². The molecule has 0 saturated carbocycles. The molecule has 0 bridgehead atoms. The van der Waals surface area contributed by atoms with Gasteiger partial charge >= 0.3 is 13.3 Å². The highest BCUT2D eigenvalue weighted by Gasteiger charge is 2.54. The molecule has 3 nitrogen and oxygen atoms in total. The van der Waals surface area contributed by atoms with Crippen LogP contribution >= 0.6 is 7.60 Å². The Morgan fingerprint density at radius 3 is 2.14 bits per heavy atom. The first kappa shape index (κ1) is 16.1. The number of halogens is 2. The summed E-state index contributed by atoms with van der Waals surface area (Å²) < 4.78 is 51.1. The van der Waals surface area contributed by atoms with Crippen LogP contribution in [0.1, 0.15) is 19.4 Å². The standard InChI is InChI=1S/C15H17F2O3P/c1-3-19-21(18,20-4-2)15(16,17)14-10-9-12-7-5-6-8-13(12)11-14/h5-11H,3-4H2,1-2H3. The number of alkyl halides is 2. The molecule has 0 fully saturated rings. The molecule has 0 atom stereocenters. The van der Waals surface area contributed by atoms with E-state index >= 15 is 0 Å². The third-order valence-corrected chi connectivity index (χ3v) is 5.18. The monoisotopic (exact) mass is 314 g/mol. The summed E-state index contributed by atoms with van der Waals surface area (Å²) in [6.07, 6.45) is 0. The molecule has 0 aliphatic carbocycles. The van der Waals surface area contributed by atoms with Gasteiger partial charge in [0.05, 0.1) is 13.2 Å². The Morgan fingerprint density at radius 2 is 1.57 bits per heavy atom. The molecule has 0 saturated heterocycles. The molecule has 0 unspecified atom stereocenters. The van der Waals surface area contributed by atoms with Gasteiger partial charge in [0.1, 0.15) is 0 Å². The van der Waals surface area contributed by atoms with Gasteiger partial charge in [0.2, 0.25) is 0 Å². The van der Waals surface area contributed by atoms with Gasteiger partial charge in [-0.05, 0) is 30.7 Å². The lowest BCUT2D eigenvalue weighted by Gasteiger charge is -2.26. The van der Waals surface area contributed by atoms with Crippen molar-refractivity contribution < 1.29 is 22.4 Å². The van der Waals surface area contributed by atoms with E-state index in [1.165, 1.54) is 26.0 Å². The van der Waals surface area contributed by atoms with E-state index in [2.05, 4.69) is 0 Å². The van der Waals surface area contributed by atoms with Gasteiger partial charge in [-0.3, -0.25) is 4.57 Å². The lowest BCUT2D eigenvalue weighted by Crippen LogP contribution is -2.18. The molecule has 0 spiro atoms. The van der Waals surface area contributed by atoms with Crippen molar-refractivity contribution in [1.29, 1.82) is 0 Å². The molecular weight excluding hydrogens is 297 g/mol. The van der Waals surface area contributed by atoms with Crippen LogP contribution in [0.3, 0.4) is 0 Å². The second-order valence-electron chi connectivity index (χ2n) is 4.44. The zero-order valence-electron chi connectivity index (χ0n) is 11.9. The number of hydrogen-bond donors (Lipinski definition) is 0. The largest absolute Gasteiger partial charge is 0.404 e. The van der Waals surface area contributed by atoms with E-state index in [0.29, 0.717) is 5.39 Å². The van der Waals surface area contributed by atoms with E-state index in [-0.39, 0.29) is 18.8 Å². The molecule has 0 amide bonds. The topological polar surface area (TPSA) is 35.5 Å². The van der Waals surface area contributed by atoms with Crippen LogP contribution in [-0.4, -0.2) is 13.2 Å². The zero-order chi connectivity index (χ0) is 15.5. The lowest BCUT2D eigenvalue weighted by molar-refractivity contribution is 0.0362. The number of benzene rings is 2. The Bertz CT molecular complexity index is 663. The van der Waals surface area contributed by atoms with Gasteiger partial charge in [-0.25, -0.2) is 0 Å². The first-order valence-electron chi connectivity index (χ1n) is 6.71. The summed E-state index contributed by atoms with van der Waals surface area (Å²) in [5.74, 6) is 0. The SMILES string of the molecule is CCOP(=O)(OCC)C(F)(F)c1ccc2ccccc2c1. The summed E-state index contributed by atoms with van der Waals surface area (Å²) in [6, 6.07) is 11.3. The first-order chi connectivity index (χ1) is 9.94. The van der Waals surface area contributed by atoms with Crippen LogP contribution in [0.15, 0.2) is 42.5 Å². The molecule has 0 aliphatic heterocycles. The van der Waals surface area contributed by atoms with Crippen molar-refractivity contribution in [2.75, 3.05) is 13.2 Å². The average molecular weight is 314 g/mol. The minimum absolute atomic E-state index is 0.111. The molecular formula is C15H17F2O3P. The van der Waals surface area contributed by atoms with Crippen LogP contribution in [0.2, 0.25) is 0 Å². The minimum atomic E-state index is -4.56. The molecule has 0 aromatic heterocycles. The highest BCUT2D eigenvalue weighted by molar-refractivity contribution is 7.54. The number of fused-ring (bicyclic) bond motifs is 1. The van der Waals surface area contributed by atoms with Crippen molar-refractivity contribution in [3.63, 3.8) is 0 Å². The second-order valence-corrected chi connectivity index (χ2v) is 6.51. The van der Waals surface area contributed by atoms with Gasteiger partial charge in [-0.15, -0.1) is 0 Å². The van der Waals surface area contributed by atoms with Crippen LogP contribution in [0.4, 0.5) is 8.78 Å². The summed E-state index contributed by atoms with van der Waals surface area (Å²) in [7, 11) is -4.56. The Morgan fingerprint density at radius 1 is 1.00 bits per heavy atom. The van der Waals surface area contributed by atoms with Crippen molar-refractivity contribution in [1.82, 2.24) is 0 Å². The quantitative estimate of drug-likeness (QED) is 0.691. The van der Waals surface area contributed by atoms with Gasteiger partial charge in [0, 0.05) is 5.56 Å². The maximum absolute atomic E-state index is 14.6. The van der Waals surface area contributed by atoms with Crippen molar-refractivity contribution in [3.8, 4) is 0 Å². The maximum atomic E-state index is 14.6. The van der Waals surface area contributed by atoms with Gasteiger partial charge in [0.25, 0.3) is 0 Å². The van der Waals surface area contributed by atoms with Gasteiger partial charge in [0.15, 0.2) is 0 Å². The lowest BCUT2D eigenvalue weighted by atomic mass is 10.1. The fourth-order valence-corrected chi connectivity index (χ4v) is 3.61. The van der Waals surface area contributed by atoms with E-state index < -0.39 is 13.3 Å². The molecule has 0 radical (unpaired) electrons. The van der Waals surface area contributed by atoms with Crippen LogP contribution in [0.5, 0.6) is 0 Å². The third-order valence-electron chi connectivity index (χ3n) is 3.04. The van der Waals surface area contributed by atoms with Crippen molar-refractivity contribution in [2.45, 2.75) is 19.5 Å². The van der Waals surface area contributed by atoms with Gasteiger partial charge in [-0.1, -0.05) is 36.4 Å². The molecule has 0 heterocycles. The molecule has 2 aromatic carbocycles. The van der Waals surface area contributed by atoms with E-state index in [4.69, 9.17) is 9.05 Å². The zero-order valence-corrected chi connectivity index (χ0v) is 12.8. The Hall–Kier alpha value is -1.29. The number of hydrogen-bond acceptors (Lipinski definition) is 3. The van der Waals surface area contributed by atoms with Crippen LogP contribution in [0.25, 0.3) is 10.8 Å².